The standard InChI is InChI=1S/C13H16F2N2O/c14-10-3-4-11(15)9(7-10)8-17-12(18)13(16)5-1-2-6-13/h3-4,7H,1-2,5-6,8,16H2,(H,17,18). The molecule has 1 fully saturated rings. The third-order valence-electron chi connectivity index (χ3n) is 3.40. The van der Waals surface area contributed by atoms with Gasteiger partial charge in [0.25, 0.3) is 0 Å². The van der Waals surface area contributed by atoms with E-state index in [2.05, 4.69) is 5.32 Å². The Balaban J connectivity index is 1.99. The first-order chi connectivity index (χ1) is 8.51. The van der Waals surface area contributed by atoms with Crippen molar-refractivity contribution < 1.29 is 13.6 Å². The summed E-state index contributed by atoms with van der Waals surface area (Å²) in [6, 6.07) is 3.17. The normalized spacial score (nSPS) is 17.7. The molecule has 1 saturated carbocycles. The second-order valence-electron chi connectivity index (χ2n) is 4.78. The SMILES string of the molecule is NC1(C(=O)NCc2cc(F)ccc2F)CCCC1. The van der Waals surface area contributed by atoms with Crippen LogP contribution in [0.1, 0.15) is 31.2 Å². The van der Waals surface area contributed by atoms with Crippen LogP contribution in [0.3, 0.4) is 0 Å². The summed E-state index contributed by atoms with van der Waals surface area (Å²) < 4.78 is 26.3. The molecule has 0 heterocycles. The average molecular weight is 254 g/mol. The van der Waals surface area contributed by atoms with Crippen molar-refractivity contribution in [2.24, 2.45) is 5.73 Å². The van der Waals surface area contributed by atoms with E-state index in [1.165, 1.54) is 0 Å². The van der Waals surface area contributed by atoms with Crippen LogP contribution in [-0.2, 0) is 11.3 Å². The Kier molecular flexibility index (Phi) is 3.61. The molecule has 1 aliphatic carbocycles. The maximum atomic E-state index is 13.3. The molecule has 1 aliphatic rings. The summed E-state index contributed by atoms with van der Waals surface area (Å²) in [5.74, 6) is -1.35. The van der Waals surface area contributed by atoms with E-state index in [4.69, 9.17) is 5.73 Å². The lowest BCUT2D eigenvalue weighted by molar-refractivity contribution is -0.126. The van der Waals surface area contributed by atoms with Crippen LogP contribution in [0.4, 0.5) is 8.78 Å². The Morgan fingerprint density at radius 3 is 2.67 bits per heavy atom. The lowest BCUT2D eigenvalue weighted by atomic mass is 9.98. The molecule has 2 rings (SSSR count). The van der Waals surface area contributed by atoms with Gasteiger partial charge in [0.05, 0.1) is 5.54 Å². The van der Waals surface area contributed by atoms with Crippen LogP contribution in [0.25, 0.3) is 0 Å². The number of hydrogen-bond acceptors (Lipinski definition) is 2. The molecule has 5 heteroatoms. The Morgan fingerprint density at radius 1 is 1.33 bits per heavy atom. The third-order valence-corrected chi connectivity index (χ3v) is 3.40. The van der Waals surface area contributed by atoms with Gasteiger partial charge in [-0.2, -0.15) is 0 Å². The second-order valence-corrected chi connectivity index (χ2v) is 4.78. The molecule has 18 heavy (non-hydrogen) atoms. The molecule has 0 aromatic heterocycles. The van der Waals surface area contributed by atoms with Crippen LogP contribution in [0.15, 0.2) is 18.2 Å². The fourth-order valence-corrected chi connectivity index (χ4v) is 2.26. The van der Waals surface area contributed by atoms with Crippen LogP contribution in [0.2, 0.25) is 0 Å². The third kappa shape index (κ3) is 2.67. The minimum Gasteiger partial charge on any atom is -0.350 e. The van der Waals surface area contributed by atoms with Gasteiger partial charge in [-0.05, 0) is 31.0 Å². The molecule has 98 valence electrons. The molecule has 3 nitrogen and oxygen atoms in total. The van der Waals surface area contributed by atoms with Crippen molar-refractivity contribution in [2.75, 3.05) is 0 Å². The fraction of sp³-hybridized carbons (Fsp3) is 0.462. The molecule has 0 unspecified atom stereocenters. The van der Waals surface area contributed by atoms with E-state index in [0.29, 0.717) is 12.8 Å². The van der Waals surface area contributed by atoms with Gasteiger partial charge in [0, 0.05) is 12.1 Å². The number of carbonyl (C=O) groups excluding carboxylic acids is 1. The highest BCUT2D eigenvalue weighted by atomic mass is 19.1. The monoisotopic (exact) mass is 254 g/mol. The van der Waals surface area contributed by atoms with E-state index >= 15 is 0 Å². The zero-order valence-corrected chi connectivity index (χ0v) is 10.0. The largest absolute Gasteiger partial charge is 0.350 e. The smallest absolute Gasteiger partial charge is 0.240 e. The number of benzene rings is 1. The Hall–Kier alpha value is -1.49. The molecule has 0 atom stereocenters. The van der Waals surface area contributed by atoms with Gasteiger partial charge in [0.1, 0.15) is 11.6 Å². The molecular formula is C13H16F2N2O. The van der Waals surface area contributed by atoms with E-state index in [0.717, 1.165) is 31.0 Å². The summed E-state index contributed by atoms with van der Waals surface area (Å²) in [5.41, 5.74) is 5.24. The zero-order chi connectivity index (χ0) is 13.2. The summed E-state index contributed by atoms with van der Waals surface area (Å²) in [6.45, 7) is -0.0403. The summed E-state index contributed by atoms with van der Waals surface area (Å²) in [4.78, 5) is 11.9. The van der Waals surface area contributed by atoms with Gasteiger partial charge < -0.3 is 11.1 Å². The van der Waals surface area contributed by atoms with E-state index in [-0.39, 0.29) is 18.0 Å². The first kappa shape index (κ1) is 13.0. The fourth-order valence-electron chi connectivity index (χ4n) is 2.26. The Morgan fingerprint density at radius 2 is 2.00 bits per heavy atom. The minimum atomic E-state index is -0.843. The van der Waals surface area contributed by atoms with E-state index < -0.39 is 17.2 Å². The van der Waals surface area contributed by atoms with Crippen LogP contribution < -0.4 is 11.1 Å². The molecule has 1 aromatic rings. The number of rotatable bonds is 3. The van der Waals surface area contributed by atoms with Gasteiger partial charge in [0.2, 0.25) is 5.91 Å². The molecule has 0 spiro atoms. The topological polar surface area (TPSA) is 55.1 Å². The molecule has 0 saturated heterocycles. The number of halogens is 2. The molecule has 3 N–H and O–H groups in total. The van der Waals surface area contributed by atoms with Gasteiger partial charge >= 0.3 is 0 Å². The van der Waals surface area contributed by atoms with Gasteiger partial charge in [-0.15, -0.1) is 0 Å². The molecular weight excluding hydrogens is 238 g/mol. The number of nitrogens with one attached hydrogen (secondary N) is 1. The number of hydrogen-bond donors (Lipinski definition) is 2. The van der Waals surface area contributed by atoms with Crippen molar-refractivity contribution >= 4 is 5.91 Å². The summed E-state index contributed by atoms with van der Waals surface area (Å²) in [6.07, 6.45) is 3.14. The predicted molar refractivity (Wildman–Crippen MR) is 63.6 cm³/mol. The highest BCUT2D eigenvalue weighted by Crippen LogP contribution is 2.27. The highest BCUT2D eigenvalue weighted by molar-refractivity contribution is 5.86. The highest BCUT2D eigenvalue weighted by Gasteiger charge is 2.36. The summed E-state index contributed by atoms with van der Waals surface area (Å²) >= 11 is 0. The first-order valence-electron chi connectivity index (χ1n) is 6.02. The van der Waals surface area contributed by atoms with Crippen LogP contribution in [0, 0.1) is 11.6 Å². The van der Waals surface area contributed by atoms with Crippen molar-refractivity contribution in [3.63, 3.8) is 0 Å². The van der Waals surface area contributed by atoms with Crippen LogP contribution in [-0.4, -0.2) is 11.4 Å². The lowest BCUT2D eigenvalue weighted by Crippen LogP contribution is -2.51. The molecule has 0 aliphatic heterocycles. The average Bonchev–Trinajstić information content (AvgIpc) is 2.78. The van der Waals surface area contributed by atoms with Gasteiger partial charge in [0.15, 0.2) is 0 Å². The minimum absolute atomic E-state index is 0.0403. The zero-order valence-electron chi connectivity index (χ0n) is 10.0. The molecule has 0 bridgehead atoms. The van der Waals surface area contributed by atoms with E-state index in [9.17, 15) is 13.6 Å². The van der Waals surface area contributed by atoms with Crippen molar-refractivity contribution in [1.29, 1.82) is 0 Å². The maximum absolute atomic E-state index is 13.3. The van der Waals surface area contributed by atoms with E-state index in [1.54, 1.807) is 0 Å². The van der Waals surface area contributed by atoms with Crippen LogP contribution >= 0.6 is 0 Å². The molecule has 1 aromatic carbocycles. The van der Waals surface area contributed by atoms with Crippen molar-refractivity contribution in [2.45, 2.75) is 37.8 Å². The van der Waals surface area contributed by atoms with Gasteiger partial charge in [-0.25, -0.2) is 8.78 Å². The summed E-state index contributed by atoms with van der Waals surface area (Å²) in [5, 5.41) is 2.58. The number of carbonyl (C=O) groups is 1. The number of amides is 1. The van der Waals surface area contributed by atoms with Gasteiger partial charge in [-0.3, -0.25) is 4.79 Å². The Bertz CT molecular complexity index is 456. The maximum Gasteiger partial charge on any atom is 0.240 e. The quantitative estimate of drug-likeness (QED) is 0.865. The van der Waals surface area contributed by atoms with E-state index in [1.807, 2.05) is 0 Å². The molecule has 0 radical (unpaired) electrons. The summed E-state index contributed by atoms with van der Waals surface area (Å²) in [7, 11) is 0. The lowest BCUT2D eigenvalue weighted by Gasteiger charge is -2.22. The van der Waals surface area contributed by atoms with Crippen molar-refractivity contribution in [3.05, 3.63) is 35.4 Å². The van der Waals surface area contributed by atoms with Crippen molar-refractivity contribution in [3.8, 4) is 0 Å². The van der Waals surface area contributed by atoms with Gasteiger partial charge in [-0.1, -0.05) is 12.8 Å². The predicted octanol–water partition coefficient (Wildman–Crippen LogP) is 1.85. The van der Waals surface area contributed by atoms with Crippen LogP contribution in [0.5, 0.6) is 0 Å². The Labute approximate surface area is 104 Å². The molecule has 1 amide bonds. The first-order valence-corrected chi connectivity index (χ1v) is 6.02. The second kappa shape index (κ2) is 5.02. The number of nitrogens with two attached hydrogens (primary N) is 1. The van der Waals surface area contributed by atoms with Crippen molar-refractivity contribution in [1.82, 2.24) is 5.32 Å².